The molecule has 1 nitrogen and oxygen atoms in total. The lowest BCUT2D eigenvalue weighted by atomic mass is 10.1. The molecule has 0 radical (unpaired) electrons. The smallest absolute Gasteiger partial charge is 0.152 e. The molecule has 17 heavy (non-hydrogen) atoms. The maximum Gasteiger partial charge on any atom is 0.152 e. The second-order valence-electron chi connectivity index (χ2n) is 4.57. The Kier molecular flexibility index (Phi) is 4.60. The van der Waals surface area contributed by atoms with Crippen LogP contribution in [0, 0.1) is 5.92 Å². The average molecular weight is 234 g/mol. The first kappa shape index (κ1) is 12.2. The molecule has 1 saturated carbocycles. The van der Waals surface area contributed by atoms with Gasteiger partial charge in [-0.1, -0.05) is 43.2 Å². The summed E-state index contributed by atoms with van der Waals surface area (Å²) in [6.07, 6.45) is 7.66. The summed E-state index contributed by atoms with van der Waals surface area (Å²) in [5, 5.41) is 0. The molecular weight excluding hydrogens is 215 g/mol. The van der Waals surface area contributed by atoms with E-state index >= 15 is 0 Å². The van der Waals surface area contributed by atoms with E-state index in [2.05, 4.69) is 0 Å². The summed E-state index contributed by atoms with van der Waals surface area (Å²) in [5.41, 5.74) is 0. The summed E-state index contributed by atoms with van der Waals surface area (Å²) in [6, 6.07) is 9.37. The van der Waals surface area contributed by atoms with Crippen LogP contribution in [0.25, 0.3) is 0 Å². The van der Waals surface area contributed by atoms with E-state index in [9.17, 15) is 4.39 Å². The van der Waals surface area contributed by atoms with Gasteiger partial charge in [-0.2, -0.15) is 0 Å². The van der Waals surface area contributed by atoms with E-state index in [-0.39, 0.29) is 6.61 Å². The highest BCUT2D eigenvalue weighted by Crippen LogP contribution is 2.25. The Morgan fingerprint density at radius 1 is 1.24 bits per heavy atom. The molecule has 0 heterocycles. The molecule has 0 N–H and O–H groups in total. The van der Waals surface area contributed by atoms with E-state index in [4.69, 9.17) is 4.74 Å². The molecule has 1 aromatic rings. The van der Waals surface area contributed by atoms with E-state index in [1.165, 1.54) is 25.7 Å². The van der Waals surface area contributed by atoms with Gasteiger partial charge in [0.05, 0.1) is 0 Å². The number of hydrogen-bond acceptors (Lipinski definition) is 1. The minimum Gasteiger partial charge on any atom is -0.490 e. The van der Waals surface area contributed by atoms with Crippen LogP contribution in [0.5, 0.6) is 5.75 Å². The molecule has 0 aromatic heterocycles. The van der Waals surface area contributed by atoms with Crippen LogP contribution in [-0.4, -0.2) is 12.8 Å². The highest BCUT2D eigenvalue weighted by Gasteiger charge is 2.12. The van der Waals surface area contributed by atoms with E-state index in [0.29, 0.717) is 5.92 Å². The van der Waals surface area contributed by atoms with Crippen LogP contribution in [0.15, 0.2) is 42.5 Å². The largest absolute Gasteiger partial charge is 0.490 e. The van der Waals surface area contributed by atoms with Crippen LogP contribution in [0.1, 0.15) is 25.7 Å². The highest BCUT2D eigenvalue weighted by atomic mass is 19.1. The molecule has 2 rings (SSSR count). The van der Waals surface area contributed by atoms with Crippen LogP contribution >= 0.6 is 0 Å². The Bertz CT molecular complexity index is 341. The standard InChI is InChI=1S/C15H19FO/c16-14(11-10-13-6-4-5-7-13)12-17-15-8-2-1-3-9-15/h1-3,8-11,13-14H,4-7,12H2/b11-10+/t14-/m0/s1. The van der Waals surface area contributed by atoms with Gasteiger partial charge in [0.15, 0.2) is 6.17 Å². The normalized spacial score (nSPS) is 18.6. The zero-order valence-corrected chi connectivity index (χ0v) is 10.0. The first-order valence-electron chi connectivity index (χ1n) is 6.35. The average Bonchev–Trinajstić information content (AvgIpc) is 2.88. The van der Waals surface area contributed by atoms with Crippen molar-refractivity contribution >= 4 is 0 Å². The quantitative estimate of drug-likeness (QED) is 0.695. The number of benzene rings is 1. The molecule has 0 spiro atoms. The van der Waals surface area contributed by atoms with Crippen molar-refractivity contribution in [2.45, 2.75) is 31.9 Å². The van der Waals surface area contributed by atoms with Crippen LogP contribution < -0.4 is 4.74 Å². The zero-order chi connectivity index (χ0) is 11.9. The summed E-state index contributed by atoms with van der Waals surface area (Å²) >= 11 is 0. The van der Waals surface area contributed by atoms with Crippen LogP contribution in [0.4, 0.5) is 4.39 Å². The summed E-state index contributed by atoms with van der Waals surface area (Å²) in [7, 11) is 0. The van der Waals surface area contributed by atoms with Gasteiger partial charge < -0.3 is 4.74 Å². The molecule has 1 atom stereocenters. The molecule has 0 unspecified atom stereocenters. The minimum absolute atomic E-state index is 0.104. The molecule has 2 heteroatoms. The van der Waals surface area contributed by atoms with Crippen molar-refractivity contribution in [2.24, 2.45) is 5.92 Å². The second-order valence-corrected chi connectivity index (χ2v) is 4.57. The Morgan fingerprint density at radius 2 is 1.94 bits per heavy atom. The number of hydrogen-bond donors (Lipinski definition) is 0. The maximum absolute atomic E-state index is 13.5. The van der Waals surface area contributed by atoms with Gasteiger partial charge >= 0.3 is 0 Å². The number of allylic oxidation sites excluding steroid dienone is 1. The fourth-order valence-electron chi connectivity index (χ4n) is 2.18. The molecule has 0 amide bonds. The molecule has 0 aliphatic heterocycles. The summed E-state index contributed by atoms with van der Waals surface area (Å²) in [5.74, 6) is 1.31. The van der Waals surface area contributed by atoms with Gasteiger partial charge in [0.25, 0.3) is 0 Å². The lowest BCUT2D eigenvalue weighted by Gasteiger charge is -2.08. The van der Waals surface area contributed by atoms with Gasteiger partial charge in [0.2, 0.25) is 0 Å². The number of ether oxygens (including phenoxy) is 1. The Labute approximate surface area is 102 Å². The predicted molar refractivity (Wildman–Crippen MR) is 67.9 cm³/mol. The van der Waals surface area contributed by atoms with Crippen molar-refractivity contribution in [1.82, 2.24) is 0 Å². The van der Waals surface area contributed by atoms with Crippen molar-refractivity contribution in [1.29, 1.82) is 0 Å². The third-order valence-corrected chi connectivity index (χ3v) is 3.14. The van der Waals surface area contributed by atoms with E-state index < -0.39 is 6.17 Å². The predicted octanol–water partition coefficient (Wildman–Crippen LogP) is 4.15. The van der Waals surface area contributed by atoms with Crippen molar-refractivity contribution < 1.29 is 9.13 Å². The zero-order valence-electron chi connectivity index (χ0n) is 10.0. The number of para-hydroxylation sites is 1. The van der Waals surface area contributed by atoms with Crippen molar-refractivity contribution in [2.75, 3.05) is 6.61 Å². The van der Waals surface area contributed by atoms with E-state index in [0.717, 1.165) is 5.75 Å². The lowest BCUT2D eigenvalue weighted by Crippen LogP contribution is -2.10. The van der Waals surface area contributed by atoms with Gasteiger partial charge in [-0.05, 0) is 30.9 Å². The third-order valence-electron chi connectivity index (χ3n) is 3.14. The Balaban J connectivity index is 1.71. The Morgan fingerprint density at radius 3 is 2.65 bits per heavy atom. The van der Waals surface area contributed by atoms with Gasteiger partial charge in [0.1, 0.15) is 12.4 Å². The summed E-state index contributed by atoms with van der Waals surface area (Å²) < 4.78 is 18.9. The fraction of sp³-hybridized carbons (Fsp3) is 0.467. The number of alkyl halides is 1. The summed E-state index contributed by atoms with van der Waals surface area (Å²) in [6.45, 7) is 0.104. The van der Waals surface area contributed by atoms with Gasteiger partial charge in [0, 0.05) is 0 Å². The second kappa shape index (κ2) is 6.43. The number of rotatable bonds is 5. The molecule has 0 saturated heterocycles. The van der Waals surface area contributed by atoms with E-state index in [1.807, 2.05) is 36.4 Å². The molecule has 1 aliphatic rings. The maximum atomic E-state index is 13.5. The van der Waals surface area contributed by atoms with Crippen LogP contribution in [0.3, 0.4) is 0 Å². The first-order valence-corrected chi connectivity index (χ1v) is 6.35. The van der Waals surface area contributed by atoms with Gasteiger partial charge in [-0.25, -0.2) is 4.39 Å². The topological polar surface area (TPSA) is 9.23 Å². The number of halogens is 1. The molecule has 1 aromatic carbocycles. The van der Waals surface area contributed by atoms with Crippen LogP contribution in [0.2, 0.25) is 0 Å². The molecule has 92 valence electrons. The summed E-state index contributed by atoms with van der Waals surface area (Å²) in [4.78, 5) is 0. The molecular formula is C15H19FO. The highest BCUT2D eigenvalue weighted by molar-refractivity contribution is 5.21. The third kappa shape index (κ3) is 4.22. The Hall–Kier alpha value is -1.31. The van der Waals surface area contributed by atoms with Crippen LogP contribution in [-0.2, 0) is 0 Å². The van der Waals surface area contributed by atoms with Gasteiger partial charge in [-0.3, -0.25) is 0 Å². The minimum atomic E-state index is -1.00. The first-order chi connectivity index (χ1) is 8.34. The fourth-order valence-corrected chi connectivity index (χ4v) is 2.18. The lowest BCUT2D eigenvalue weighted by molar-refractivity contribution is 0.228. The molecule has 1 fully saturated rings. The van der Waals surface area contributed by atoms with Crippen molar-refractivity contribution in [3.63, 3.8) is 0 Å². The van der Waals surface area contributed by atoms with E-state index in [1.54, 1.807) is 6.08 Å². The van der Waals surface area contributed by atoms with Crippen molar-refractivity contribution in [3.8, 4) is 5.75 Å². The van der Waals surface area contributed by atoms with Crippen molar-refractivity contribution in [3.05, 3.63) is 42.5 Å². The monoisotopic (exact) mass is 234 g/mol. The molecule has 0 bridgehead atoms. The van der Waals surface area contributed by atoms with Gasteiger partial charge in [-0.15, -0.1) is 0 Å². The molecule has 1 aliphatic carbocycles. The SMILES string of the molecule is F[C@@H](/C=C/C1CCCC1)COc1ccccc1.